The molecule has 3 aromatic rings. The highest BCUT2D eigenvalue weighted by atomic mass is 35.5. The minimum atomic E-state index is -0.305. The topological polar surface area (TPSA) is 29.3 Å². The number of hydrogen-bond donors (Lipinski definition) is 0. The monoisotopic (exact) mass is 370 g/mol. The quantitative estimate of drug-likeness (QED) is 0.607. The highest BCUT2D eigenvalue weighted by molar-refractivity contribution is 6.31. The third-order valence-electron chi connectivity index (χ3n) is 4.80. The molecule has 0 unspecified atom stereocenters. The standard InChI is InChI=1S/C21H20ClFN2O/c1-13-9-14(2)20-19(10-13)24-21(26-20)15-5-7-25(8-6-15)12-16-3-4-17(23)11-18(16)22/h3-5,9-11H,6-8,12H2,1-2H3. The van der Waals surface area contributed by atoms with E-state index in [9.17, 15) is 4.39 Å². The maximum atomic E-state index is 13.2. The van der Waals surface area contributed by atoms with E-state index in [0.717, 1.165) is 47.3 Å². The average molecular weight is 371 g/mol. The summed E-state index contributed by atoms with van der Waals surface area (Å²) < 4.78 is 19.2. The zero-order chi connectivity index (χ0) is 18.3. The van der Waals surface area contributed by atoms with Crippen LogP contribution >= 0.6 is 11.6 Å². The number of hydrogen-bond acceptors (Lipinski definition) is 3. The summed E-state index contributed by atoms with van der Waals surface area (Å²) in [5, 5.41) is 0.476. The van der Waals surface area contributed by atoms with Crippen molar-refractivity contribution in [2.45, 2.75) is 26.8 Å². The number of aryl methyl sites for hydroxylation is 2. The summed E-state index contributed by atoms with van der Waals surface area (Å²) in [6.45, 7) is 6.50. The van der Waals surface area contributed by atoms with Crippen LogP contribution in [0.15, 0.2) is 40.8 Å². The smallest absolute Gasteiger partial charge is 0.223 e. The van der Waals surface area contributed by atoms with Crippen LogP contribution < -0.4 is 0 Å². The fraction of sp³-hybridized carbons (Fsp3) is 0.286. The molecule has 0 radical (unpaired) electrons. The van der Waals surface area contributed by atoms with Gasteiger partial charge in [0.05, 0.1) is 0 Å². The number of halogens is 2. The van der Waals surface area contributed by atoms with Gasteiger partial charge in [-0.1, -0.05) is 29.8 Å². The van der Waals surface area contributed by atoms with Crippen molar-refractivity contribution in [3.8, 4) is 0 Å². The van der Waals surface area contributed by atoms with Crippen molar-refractivity contribution < 1.29 is 8.81 Å². The van der Waals surface area contributed by atoms with Gasteiger partial charge in [0, 0.05) is 30.2 Å². The van der Waals surface area contributed by atoms with Crippen molar-refractivity contribution in [2.24, 2.45) is 0 Å². The van der Waals surface area contributed by atoms with E-state index in [1.165, 1.54) is 17.7 Å². The number of oxazole rings is 1. The van der Waals surface area contributed by atoms with E-state index in [0.29, 0.717) is 17.5 Å². The molecule has 1 aliphatic heterocycles. The molecule has 1 aromatic heterocycles. The molecule has 134 valence electrons. The molecule has 3 nitrogen and oxygen atoms in total. The zero-order valence-corrected chi connectivity index (χ0v) is 15.6. The number of benzene rings is 2. The van der Waals surface area contributed by atoms with Crippen molar-refractivity contribution in [3.05, 3.63) is 69.8 Å². The fourth-order valence-corrected chi connectivity index (χ4v) is 3.68. The Balaban J connectivity index is 1.51. The first kappa shape index (κ1) is 17.3. The lowest BCUT2D eigenvalue weighted by Crippen LogP contribution is -2.28. The predicted octanol–water partition coefficient (Wildman–Crippen LogP) is 5.53. The van der Waals surface area contributed by atoms with Gasteiger partial charge in [-0.25, -0.2) is 9.37 Å². The van der Waals surface area contributed by atoms with Crippen LogP contribution in [-0.4, -0.2) is 23.0 Å². The van der Waals surface area contributed by atoms with Crippen LogP contribution in [0.1, 0.15) is 29.0 Å². The number of rotatable bonds is 3. The van der Waals surface area contributed by atoms with E-state index in [1.807, 2.05) is 6.92 Å². The van der Waals surface area contributed by atoms with Crippen LogP contribution in [0.5, 0.6) is 0 Å². The molecule has 0 amide bonds. The van der Waals surface area contributed by atoms with Gasteiger partial charge in [0.15, 0.2) is 5.58 Å². The zero-order valence-electron chi connectivity index (χ0n) is 14.9. The highest BCUT2D eigenvalue weighted by Gasteiger charge is 2.19. The molecule has 0 atom stereocenters. The third-order valence-corrected chi connectivity index (χ3v) is 5.15. The van der Waals surface area contributed by atoms with Crippen molar-refractivity contribution in [1.29, 1.82) is 0 Å². The number of aromatic nitrogens is 1. The second kappa shape index (κ2) is 6.86. The maximum Gasteiger partial charge on any atom is 0.223 e. The molecule has 1 aliphatic rings. The van der Waals surface area contributed by atoms with Gasteiger partial charge < -0.3 is 4.42 Å². The van der Waals surface area contributed by atoms with Gasteiger partial charge in [-0.3, -0.25) is 4.90 Å². The molecule has 0 spiro atoms. The SMILES string of the molecule is Cc1cc(C)c2oc(C3=CCN(Cc4ccc(F)cc4Cl)CC3)nc2c1. The first-order chi connectivity index (χ1) is 12.5. The largest absolute Gasteiger partial charge is 0.436 e. The lowest BCUT2D eigenvalue weighted by Gasteiger charge is -2.25. The fourth-order valence-electron chi connectivity index (χ4n) is 3.45. The number of nitrogens with zero attached hydrogens (tertiary/aromatic N) is 2. The van der Waals surface area contributed by atoms with E-state index >= 15 is 0 Å². The van der Waals surface area contributed by atoms with E-state index in [-0.39, 0.29) is 5.82 Å². The first-order valence-corrected chi connectivity index (χ1v) is 9.11. The molecule has 26 heavy (non-hydrogen) atoms. The van der Waals surface area contributed by atoms with Gasteiger partial charge in [-0.05, 0) is 55.2 Å². The molecule has 0 aliphatic carbocycles. The maximum absolute atomic E-state index is 13.2. The molecule has 0 bridgehead atoms. The molecular weight excluding hydrogens is 351 g/mol. The Morgan fingerprint density at radius 1 is 1.23 bits per heavy atom. The Morgan fingerprint density at radius 2 is 2.08 bits per heavy atom. The number of fused-ring (bicyclic) bond motifs is 1. The van der Waals surface area contributed by atoms with Crippen molar-refractivity contribution in [3.63, 3.8) is 0 Å². The van der Waals surface area contributed by atoms with Crippen molar-refractivity contribution >= 4 is 28.3 Å². The molecule has 2 aromatic carbocycles. The molecule has 0 N–H and O–H groups in total. The summed E-state index contributed by atoms with van der Waals surface area (Å²) in [6, 6.07) is 8.74. The Labute approximate surface area is 157 Å². The minimum Gasteiger partial charge on any atom is -0.436 e. The minimum absolute atomic E-state index is 0.305. The second-order valence-corrected chi connectivity index (χ2v) is 7.31. The van der Waals surface area contributed by atoms with Gasteiger partial charge in [0.25, 0.3) is 0 Å². The average Bonchev–Trinajstić information content (AvgIpc) is 3.02. The molecule has 2 heterocycles. The highest BCUT2D eigenvalue weighted by Crippen LogP contribution is 2.29. The summed E-state index contributed by atoms with van der Waals surface area (Å²) in [7, 11) is 0. The molecule has 5 heteroatoms. The Kier molecular flexibility index (Phi) is 4.55. The molecule has 0 saturated carbocycles. The molecule has 0 fully saturated rings. The molecule has 0 saturated heterocycles. The summed E-state index contributed by atoms with van der Waals surface area (Å²) in [5.74, 6) is 0.411. The van der Waals surface area contributed by atoms with Gasteiger partial charge in [-0.2, -0.15) is 0 Å². The van der Waals surface area contributed by atoms with E-state index in [4.69, 9.17) is 16.0 Å². The van der Waals surface area contributed by atoms with Gasteiger partial charge in [-0.15, -0.1) is 0 Å². The van der Waals surface area contributed by atoms with Crippen LogP contribution in [0.2, 0.25) is 5.02 Å². The first-order valence-electron chi connectivity index (χ1n) is 8.73. The molecule has 4 rings (SSSR count). The summed E-state index contributed by atoms with van der Waals surface area (Å²) >= 11 is 6.14. The van der Waals surface area contributed by atoms with Crippen LogP contribution in [-0.2, 0) is 6.54 Å². The summed E-state index contributed by atoms with van der Waals surface area (Å²) in [6.07, 6.45) is 3.03. The van der Waals surface area contributed by atoms with Crippen LogP contribution in [0.4, 0.5) is 4.39 Å². The van der Waals surface area contributed by atoms with E-state index < -0.39 is 0 Å². The van der Waals surface area contributed by atoms with Crippen molar-refractivity contribution in [2.75, 3.05) is 13.1 Å². The Hall–Kier alpha value is -2.17. The van der Waals surface area contributed by atoms with Gasteiger partial charge in [0.2, 0.25) is 5.89 Å². The van der Waals surface area contributed by atoms with Crippen LogP contribution in [0.25, 0.3) is 16.7 Å². The normalized spacial score (nSPS) is 15.5. The summed E-state index contributed by atoms with van der Waals surface area (Å²) in [5.41, 5.74) is 6.17. The predicted molar refractivity (Wildman–Crippen MR) is 103 cm³/mol. The third kappa shape index (κ3) is 3.39. The second-order valence-electron chi connectivity index (χ2n) is 6.90. The van der Waals surface area contributed by atoms with Crippen LogP contribution in [0.3, 0.4) is 0 Å². The van der Waals surface area contributed by atoms with Crippen molar-refractivity contribution in [1.82, 2.24) is 9.88 Å². The summed E-state index contributed by atoms with van der Waals surface area (Å²) in [4.78, 5) is 6.95. The Morgan fingerprint density at radius 3 is 2.81 bits per heavy atom. The van der Waals surface area contributed by atoms with Crippen LogP contribution in [0, 0.1) is 19.7 Å². The van der Waals surface area contributed by atoms with Gasteiger partial charge in [0.1, 0.15) is 11.3 Å². The lowest BCUT2D eigenvalue weighted by molar-refractivity contribution is 0.292. The van der Waals surface area contributed by atoms with E-state index in [2.05, 4.69) is 35.0 Å². The van der Waals surface area contributed by atoms with E-state index in [1.54, 1.807) is 6.07 Å². The lowest BCUT2D eigenvalue weighted by atomic mass is 10.1. The Bertz CT molecular complexity index is 1010. The van der Waals surface area contributed by atoms with Gasteiger partial charge >= 0.3 is 0 Å². The molecular formula is C21H20ClFN2O.